The number of nitrogens with zero attached hydrogens (tertiary/aromatic N) is 1. The first-order valence-corrected chi connectivity index (χ1v) is 7.32. The number of anilines is 1. The zero-order chi connectivity index (χ0) is 14.7. The Balaban J connectivity index is 2.19. The Bertz CT molecular complexity index is 620. The molecule has 0 aliphatic rings. The van der Waals surface area contributed by atoms with E-state index in [2.05, 4.69) is 29.4 Å². The summed E-state index contributed by atoms with van der Waals surface area (Å²) in [5, 5.41) is 12.4. The summed E-state index contributed by atoms with van der Waals surface area (Å²) in [5.41, 5.74) is 1.06. The van der Waals surface area contributed by atoms with Gasteiger partial charge in [0.25, 0.3) is 0 Å². The topological polar surface area (TPSA) is 62.2 Å². The SMILES string of the molecule is Cc1ccc(CNc2cc(C(=O)O)cc(C(C)C)n2)s1. The van der Waals surface area contributed by atoms with Crippen LogP contribution in [0.3, 0.4) is 0 Å². The Morgan fingerprint density at radius 2 is 2.15 bits per heavy atom. The summed E-state index contributed by atoms with van der Waals surface area (Å²) in [4.78, 5) is 18.1. The highest BCUT2D eigenvalue weighted by atomic mass is 32.1. The molecule has 0 radical (unpaired) electrons. The molecule has 2 aromatic heterocycles. The number of hydrogen-bond acceptors (Lipinski definition) is 4. The lowest BCUT2D eigenvalue weighted by Crippen LogP contribution is -2.06. The minimum absolute atomic E-state index is 0.193. The number of carbonyl (C=O) groups is 1. The number of aromatic nitrogens is 1. The Kier molecular flexibility index (Phi) is 4.39. The molecule has 106 valence electrons. The van der Waals surface area contributed by atoms with E-state index in [1.807, 2.05) is 13.8 Å². The van der Waals surface area contributed by atoms with Crippen LogP contribution in [-0.4, -0.2) is 16.1 Å². The van der Waals surface area contributed by atoms with E-state index in [9.17, 15) is 4.79 Å². The number of rotatable bonds is 5. The van der Waals surface area contributed by atoms with Crippen molar-refractivity contribution < 1.29 is 9.90 Å². The van der Waals surface area contributed by atoms with Crippen LogP contribution in [0, 0.1) is 6.92 Å². The standard InChI is InChI=1S/C15H18N2O2S/c1-9(2)13-6-11(15(18)19)7-14(17-13)16-8-12-5-4-10(3)20-12/h4-7,9H,8H2,1-3H3,(H,16,17)(H,18,19). The summed E-state index contributed by atoms with van der Waals surface area (Å²) in [6.07, 6.45) is 0. The fourth-order valence-corrected chi connectivity index (χ4v) is 2.65. The van der Waals surface area contributed by atoms with Crippen molar-refractivity contribution in [2.75, 3.05) is 5.32 Å². The van der Waals surface area contributed by atoms with Gasteiger partial charge >= 0.3 is 5.97 Å². The number of carboxylic acids is 1. The predicted molar refractivity (Wildman–Crippen MR) is 81.7 cm³/mol. The molecule has 0 amide bonds. The van der Waals surface area contributed by atoms with Gasteiger partial charge in [-0.25, -0.2) is 9.78 Å². The molecule has 2 heterocycles. The third-order valence-corrected chi connectivity index (χ3v) is 3.92. The van der Waals surface area contributed by atoms with Crippen LogP contribution in [0.25, 0.3) is 0 Å². The molecule has 0 saturated heterocycles. The van der Waals surface area contributed by atoms with E-state index in [4.69, 9.17) is 5.11 Å². The Hall–Kier alpha value is -1.88. The fourth-order valence-electron chi connectivity index (χ4n) is 1.82. The Morgan fingerprint density at radius 1 is 1.40 bits per heavy atom. The van der Waals surface area contributed by atoms with Gasteiger partial charge in [0, 0.05) is 15.4 Å². The molecular weight excluding hydrogens is 272 g/mol. The van der Waals surface area contributed by atoms with Gasteiger partial charge in [0.05, 0.1) is 12.1 Å². The van der Waals surface area contributed by atoms with Crippen LogP contribution >= 0.6 is 11.3 Å². The average molecular weight is 290 g/mol. The molecule has 2 rings (SSSR count). The first kappa shape index (κ1) is 14.5. The highest BCUT2D eigenvalue weighted by Gasteiger charge is 2.10. The van der Waals surface area contributed by atoms with Crippen molar-refractivity contribution in [3.05, 3.63) is 45.3 Å². The maximum Gasteiger partial charge on any atom is 0.335 e. The minimum Gasteiger partial charge on any atom is -0.478 e. The van der Waals surface area contributed by atoms with Crippen LogP contribution in [-0.2, 0) is 6.54 Å². The zero-order valence-electron chi connectivity index (χ0n) is 11.8. The lowest BCUT2D eigenvalue weighted by atomic mass is 10.1. The largest absolute Gasteiger partial charge is 0.478 e. The normalized spacial score (nSPS) is 10.8. The molecule has 0 aliphatic carbocycles. The molecule has 0 saturated carbocycles. The van der Waals surface area contributed by atoms with Crippen molar-refractivity contribution >= 4 is 23.1 Å². The minimum atomic E-state index is -0.927. The van der Waals surface area contributed by atoms with Gasteiger partial charge in [-0.2, -0.15) is 0 Å². The number of thiophene rings is 1. The molecule has 0 atom stereocenters. The molecule has 0 spiro atoms. The highest BCUT2D eigenvalue weighted by Crippen LogP contribution is 2.20. The summed E-state index contributed by atoms with van der Waals surface area (Å²) in [5.74, 6) is -0.122. The van der Waals surface area contributed by atoms with Gasteiger partial charge in [0.15, 0.2) is 0 Å². The van der Waals surface area contributed by atoms with Crippen LogP contribution in [0.5, 0.6) is 0 Å². The number of carboxylic acid groups (broad SMARTS) is 1. The molecule has 2 aromatic rings. The summed E-state index contributed by atoms with van der Waals surface area (Å²) < 4.78 is 0. The molecule has 0 aromatic carbocycles. The number of pyridine rings is 1. The first-order valence-electron chi connectivity index (χ1n) is 6.50. The van der Waals surface area contributed by atoms with Gasteiger partial charge in [-0.15, -0.1) is 11.3 Å². The smallest absolute Gasteiger partial charge is 0.335 e. The number of aryl methyl sites for hydroxylation is 1. The maximum atomic E-state index is 11.2. The van der Waals surface area contributed by atoms with Gasteiger partial charge < -0.3 is 10.4 Å². The van der Waals surface area contributed by atoms with Gasteiger partial charge in [-0.05, 0) is 37.1 Å². The summed E-state index contributed by atoms with van der Waals surface area (Å²) in [6.45, 7) is 6.72. The molecular formula is C15H18N2O2S. The van der Waals surface area contributed by atoms with Crippen molar-refractivity contribution in [3.63, 3.8) is 0 Å². The van der Waals surface area contributed by atoms with E-state index < -0.39 is 5.97 Å². The monoisotopic (exact) mass is 290 g/mol. The molecule has 4 nitrogen and oxygen atoms in total. The van der Waals surface area contributed by atoms with Crippen molar-refractivity contribution in [2.45, 2.75) is 33.2 Å². The molecule has 0 unspecified atom stereocenters. The molecule has 2 N–H and O–H groups in total. The first-order chi connectivity index (χ1) is 9.45. The third kappa shape index (κ3) is 3.57. The van der Waals surface area contributed by atoms with Crippen molar-refractivity contribution in [3.8, 4) is 0 Å². The zero-order valence-corrected chi connectivity index (χ0v) is 12.6. The van der Waals surface area contributed by atoms with Gasteiger partial charge in [0.1, 0.15) is 5.82 Å². The van der Waals surface area contributed by atoms with E-state index in [0.717, 1.165) is 5.69 Å². The summed E-state index contributed by atoms with van der Waals surface area (Å²) in [7, 11) is 0. The van der Waals surface area contributed by atoms with Crippen LogP contribution in [0.1, 0.15) is 45.6 Å². The summed E-state index contributed by atoms with van der Waals surface area (Å²) >= 11 is 1.72. The Labute approximate surface area is 122 Å². The fraction of sp³-hybridized carbons (Fsp3) is 0.333. The highest BCUT2D eigenvalue weighted by molar-refractivity contribution is 7.11. The number of nitrogens with one attached hydrogen (secondary N) is 1. The van der Waals surface area contributed by atoms with E-state index in [1.165, 1.54) is 9.75 Å². The maximum absolute atomic E-state index is 11.2. The van der Waals surface area contributed by atoms with Crippen LogP contribution in [0.4, 0.5) is 5.82 Å². The number of aromatic carboxylic acids is 1. The van der Waals surface area contributed by atoms with Gasteiger partial charge in [0.2, 0.25) is 0 Å². The van der Waals surface area contributed by atoms with Crippen LogP contribution in [0.2, 0.25) is 0 Å². The predicted octanol–water partition coefficient (Wildman–Crippen LogP) is 3.89. The average Bonchev–Trinajstić information content (AvgIpc) is 2.81. The van der Waals surface area contributed by atoms with Gasteiger partial charge in [-0.3, -0.25) is 0 Å². The van der Waals surface area contributed by atoms with Crippen LogP contribution < -0.4 is 5.32 Å². The molecule has 0 fully saturated rings. The third-order valence-electron chi connectivity index (χ3n) is 2.92. The second-order valence-corrected chi connectivity index (χ2v) is 6.36. The van der Waals surface area contributed by atoms with Crippen molar-refractivity contribution in [1.82, 2.24) is 4.98 Å². The van der Waals surface area contributed by atoms with E-state index in [1.54, 1.807) is 23.5 Å². The van der Waals surface area contributed by atoms with E-state index in [-0.39, 0.29) is 11.5 Å². The molecule has 0 bridgehead atoms. The van der Waals surface area contributed by atoms with Crippen LogP contribution in [0.15, 0.2) is 24.3 Å². The second kappa shape index (κ2) is 6.05. The molecule has 0 aliphatic heterocycles. The Morgan fingerprint density at radius 3 is 2.70 bits per heavy atom. The lowest BCUT2D eigenvalue weighted by molar-refractivity contribution is 0.0696. The second-order valence-electron chi connectivity index (χ2n) is 4.99. The number of hydrogen-bond donors (Lipinski definition) is 2. The molecule has 5 heteroatoms. The lowest BCUT2D eigenvalue weighted by Gasteiger charge is -2.10. The quantitative estimate of drug-likeness (QED) is 0.877. The molecule has 20 heavy (non-hydrogen) atoms. The summed E-state index contributed by atoms with van der Waals surface area (Å²) in [6, 6.07) is 7.35. The van der Waals surface area contributed by atoms with E-state index in [0.29, 0.717) is 12.4 Å². The van der Waals surface area contributed by atoms with E-state index >= 15 is 0 Å². The van der Waals surface area contributed by atoms with Crippen molar-refractivity contribution in [2.24, 2.45) is 0 Å². The van der Waals surface area contributed by atoms with Crippen molar-refractivity contribution in [1.29, 1.82) is 0 Å². The van der Waals surface area contributed by atoms with Gasteiger partial charge in [-0.1, -0.05) is 13.8 Å².